The summed E-state index contributed by atoms with van der Waals surface area (Å²) >= 11 is 0. The quantitative estimate of drug-likeness (QED) is 0.331. The van der Waals surface area contributed by atoms with Crippen LogP contribution in [0, 0.1) is 0 Å². The van der Waals surface area contributed by atoms with Crippen LogP contribution in [-0.2, 0) is 11.0 Å². The molecule has 3 aromatic carbocycles. The average molecular weight is 497 g/mol. The number of ether oxygens (including phenoxy) is 2. The van der Waals surface area contributed by atoms with E-state index in [-0.39, 0.29) is 35.0 Å². The Morgan fingerprint density at radius 3 is 2.39 bits per heavy atom. The van der Waals surface area contributed by atoms with E-state index < -0.39 is 23.1 Å². The number of rotatable bonds is 5. The van der Waals surface area contributed by atoms with Gasteiger partial charge in [0, 0.05) is 19.2 Å². The normalized spacial score (nSPS) is 14.2. The molecule has 1 fully saturated rings. The van der Waals surface area contributed by atoms with Crippen LogP contribution in [0.1, 0.15) is 25.0 Å². The zero-order valence-corrected chi connectivity index (χ0v) is 19.1. The highest BCUT2D eigenvalue weighted by Crippen LogP contribution is 2.39. The first-order chi connectivity index (χ1) is 17.3. The first-order valence-electron chi connectivity index (χ1n) is 11.5. The highest BCUT2D eigenvalue weighted by molar-refractivity contribution is 5.84. The number of carbonyl (C=O) groups is 1. The Hall–Kier alpha value is -4.01. The van der Waals surface area contributed by atoms with Gasteiger partial charge in [-0.15, -0.1) is 0 Å². The van der Waals surface area contributed by atoms with E-state index in [9.17, 15) is 22.8 Å². The molecule has 1 saturated heterocycles. The number of carbonyl (C=O) groups excluding carboxylic acids is 1. The third-order valence-electron chi connectivity index (χ3n) is 6.09. The molecule has 0 radical (unpaired) electrons. The minimum absolute atomic E-state index is 0.0713. The van der Waals surface area contributed by atoms with Crippen LogP contribution >= 0.6 is 0 Å². The minimum atomic E-state index is -4.99. The molecule has 4 aromatic rings. The number of hydrogen-bond acceptors (Lipinski definition) is 5. The molecule has 1 aliphatic rings. The molecule has 2 heterocycles. The number of nitrogens with zero attached hydrogens (tertiary/aromatic N) is 1. The molecule has 186 valence electrons. The third-order valence-corrected chi connectivity index (χ3v) is 6.09. The molecule has 6 nitrogen and oxygen atoms in total. The number of benzene rings is 3. The number of likely N-dealkylation sites (tertiary alicyclic amines) is 1. The zero-order valence-electron chi connectivity index (χ0n) is 19.1. The van der Waals surface area contributed by atoms with E-state index in [1.807, 2.05) is 12.1 Å². The van der Waals surface area contributed by atoms with Crippen molar-refractivity contribution in [3.05, 3.63) is 76.6 Å². The van der Waals surface area contributed by atoms with Crippen molar-refractivity contribution >= 4 is 27.6 Å². The molecule has 0 bridgehead atoms. The summed E-state index contributed by atoms with van der Waals surface area (Å²) < 4.78 is 57.7. The van der Waals surface area contributed by atoms with E-state index in [0.29, 0.717) is 13.1 Å². The lowest BCUT2D eigenvalue weighted by atomic mass is 10.1. The molecule has 0 N–H and O–H groups in total. The predicted molar refractivity (Wildman–Crippen MR) is 127 cm³/mol. The molecule has 36 heavy (non-hydrogen) atoms. The second kappa shape index (κ2) is 9.56. The van der Waals surface area contributed by atoms with Crippen LogP contribution in [0.3, 0.4) is 0 Å². The van der Waals surface area contributed by atoms with E-state index in [4.69, 9.17) is 13.9 Å². The van der Waals surface area contributed by atoms with Gasteiger partial charge >= 0.3 is 6.18 Å². The topological polar surface area (TPSA) is 69.0 Å². The monoisotopic (exact) mass is 497 g/mol. The molecular formula is C27H22F3NO5. The summed E-state index contributed by atoms with van der Waals surface area (Å²) in [6, 6.07) is 15.9. The summed E-state index contributed by atoms with van der Waals surface area (Å²) in [4.78, 5) is 27.1. The number of amides is 1. The molecule has 1 aliphatic heterocycles. The van der Waals surface area contributed by atoms with Crippen molar-refractivity contribution in [1.29, 1.82) is 0 Å². The highest BCUT2D eigenvalue weighted by atomic mass is 19.4. The largest absolute Gasteiger partial charge is 0.484 e. The highest BCUT2D eigenvalue weighted by Gasteiger charge is 2.40. The van der Waals surface area contributed by atoms with E-state index >= 15 is 0 Å². The summed E-state index contributed by atoms with van der Waals surface area (Å²) in [5, 5.41) is 1.51. The number of halogens is 3. The maximum atomic E-state index is 13.9. The molecule has 0 saturated carbocycles. The van der Waals surface area contributed by atoms with Crippen molar-refractivity contribution in [3.8, 4) is 17.2 Å². The van der Waals surface area contributed by atoms with Gasteiger partial charge in [0.1, 0.15) is 17.1 Å². The molecule has 0 aliphatic carbocycles. The molecule has 1 amide bonds. The van der Waals surface area contributed by atoms with Crippen molar-refractivity contribution in [2.75, 3.05) is 19.7 Å². The van der Waals surface area contributed by atoms with Crippen molar-refractivity contribution in [2.24, 2.45) is 0 Å². The number of fused-ring (bicyclic) bond motifs is 2. The first-order valence-corrected chi connectivity index (χ1v) is 11.5. The van der Waals surface area contributed by atoms with Gasteiger partial charge in [-0.05, 0) is 54.3 Å². The van der Waals surface area contributed by atoms with E-state index in [1.54, 1.807) is 29.2 Å². The number of piperidine rings is 1. The molecule has 0 atom stereocenters. The lowest BCUT2D eigenvalue weighted by molar-refractivity contribution is -0.154. The van der Waals surface area contributed by atoms with Crippen LogP contribution in [0.15, 0.2) is 69.9 Å². The van der Waals surface area contributed by atoms with Crippen LogP contribution in [0.2, 0.25) is 0 Å². The SMILES string of the molecule is O=C(COc1ccc2c(=O)c(Oc3ccc4ccccc4c3)c(C(F)(F)F)oc2c1)N1CCCCC1. The lowest BCUT2D eigenvalue weighted by Crippen LogP contribution is -2.38. The van der Waals surface area contributed by atoms with Gasteiger partial charge in [-0.3, -0.25) is 9.59 Å². The van der Waals surface area contributed by atoms with Crippen LogP contribution in [0.4, 0.5) is 13.2 Å². The Bertz CT molecular complexity index is 1490. The van der Waals surface area contributed by atoms with Gasteiger partial charge in [0.2, 0.25) is 11.2 Å². The van der Waals surface area contributed by atoms with Gasteiger partial charge in [-0.2, -0.15) is 13.2 Å². The molecule has 5 rings (SSSR count). The Balaban J connectivity index is 1.46. The zero-order chi connectivity index (χ0) is 25.3. The Morgan fingerprint density at radius 2 is 1.64 bits per heavy atom. The smallest absolute Gasteiger partial charge is 0.453 e. The van der Waals surface area contributed by atoms with Gasteiger partial charge < -0.3 is 18.8 Å². The van der Waals surface area contributed by atoms with Gasteiger partial charge in [0.25, 0.3) is 11.7 Å². The summed E-state index contributed by atoms with van der Waals surface area (Å²) in [6.07, 6.45) is -2.06. The van der Waals surface area contributed by atoms with Crippen LogP contribution in [0.5, 0.6) is 17.2 Å². The van der Waals surface area contributed by atoms with Crippen LogP contribution < -0.4 is 14.9 Å². The fourth-order valence-electron chi connectivity index (χ4n) is 4.25. The molecular weight excluding hydrogens is 475 g/mol. The summed E-state index contributed by atoms with van der Waals surface area (Å²) in [5.74, 6) is -2.50. The van der Waals surface area contributed by atoms with Gasteiger partial charge in [-0.1, -0.05) is 30.3 Å². The molecule has 9 heteroatoms. The third kappa shape index (κ3) is 4.86. The van der Waals surface area contributed by atoms with E-state index in [2.05, 4.69) is 0 Å². The Morgan fingerprint density at radius 1 is 0.917 bits per heavy atom. The Labute approximate surface area is 203 Å². The molecule has 0 spiro atoms. The summed E-state index contributed by atoms with van der Waals surface area (Å²) in [6.45, 7) is 1.05. The van der Waals surface area contributed by atoms with Gasteiger partial charge in [0.15, 0.2) is 6.61 Å². The van der Waals surface area contributed by atoms with Crippen molar-refractivity contribution in [3.63, 3.8) is 0 Å². The first kappa shape index (κ1) is 23.7. The van der Waals surface area contributed by atoms with Crippen molar-refractivity contribution < 1.29 is 31.9 Å². The second-order valence-corrected chi connectivity index (χ2v) is 8.59. The second-order valence-electron chi connectivity index (χ2n) is 8.59. The van der Waals surface area contributed by atoms with Crippen LogP contribution in [0.25, 0.3) is 21.7 Å². The average Bonchev–Trinajstić information content (AvgIpc) is 2.88. The fraction of sp³-hybridized carbons (Fsp3) is 0.259. The molecule has 0 unspecified atom stereocenters. The number of hydrogen-bond donors (Lipinski definition) is 0. The minimum Gasteiger partial charge on any atom is -0.484 e. The van der Waals surface area contributed by atoms with Gasteiger partial charge in [-0.25, -0.2) is 0 Å². The van der Waals surface area contributed by atoms with E-state index in [1.165, 1.54) is 24.3 Å². The predicted octanol–water partition coefficient (Wildman–Crippen LogP) is 6.15. The summed E-state index contributed by atoms with van der Waals surface area (Å²) in [5.41, 5.74) is -1.28. The lowest BCUT2D eigenvalue weighted by Gasteiger charge is -2.26. The standard InChI is InChI=1S/C27H22F3NO5/c28-27(29,30)26-25(35-20-9-8-17-6-2-3-7-18(17)14-20)24(33)21-11-10-19(15-22(21)36-26)34-16-23(32)31-12-4-1-5-13-31/h2-3,6-11,14-15H,1,4-5,12-13,16H2. The van der Waals surface area contributed by atoms with Gasteiger partial charge in [0.05, 0.1) is 5.39 Å². The Kier molecular flexibility index (Phi) is 6.30. The number of alkyl halides is 3. The fourth-order valence-corrected chi connectivity index (χ4v) is 4.25. The van der Waals surface area contributed by atoms with Crippen molar-refractivity contribution in [2.45, 2.75) is 25.4 Å². The van der Waals surface area contributed by atoms with Crippen molar-refractivity contribution in [1.82, 2.24) is 4.90 Å². The maximum Gasteiger partial charge on any atom is 0.453 e. The molecule has 1 aromatic heterocycles. The summed E-state index contributed by atoms with van der Waals surface area (Å²) in [7, 11) is 0. The van der Waals surface area contributed by atoms with E-state index in [0.717, 1.165) is 30.0 Å². The maximum absolute atomic E-state index is 13.9. The van der Waals surface area contributed by atoms with Crippen LogP contribution in [-0.4, -0.2) is 30.5 Å².